The fourth-order valence-electron chi connectivity index (χ4n) is 3.14. The Hall–Kier alpha value is -2.02. The maximum atomic E-state index is 5.31. The first-order valence-electron chi connectivity index (χ1n) is 8.04. The largest absolute Gasteiger partial charge is 0.350 e. The molecule has 0 unspecified atom stereocenters. The lowest BCUT2D eigenvalue weighted by atomic mass is 9.97. The second kappa shape index (κ2) is 5.88. The average Bonchev–Trinajstić information content (AvgIpc) is 3.18. The lowest BCUT2D eigenvalue weighted by molar-refractivity contribution is 0.373. The monoisotopic (exact) mass is 329 g/mol. The normalized spacial score (nSPS) is 14.2. The number of thiophene rings is 1. The SMILES string of the molecule is CCc1noc(CN(C)c2ncnc3sc4c(c23)CCCC4)n1. The number of aromatic nitrogens is 4. The third-order valence-electron chi connectivity index (χ3n) is 4.29. The summed E-state index contributed by atoms with van der Waals surface area (Å²) in [5.41, 5.74) is 1.44. The van der Waals surface area contributed by atoms with Crippen molar-refractivity contribution in [2.24, 2.45) is 0 Å². The molecule has 1 aliphatic carbocycles. The summed E-state index contributed by atoms with van der Waals surface area (Å²) in [6.07, 6.45) is 7.26. The highest BCUT2D eigenvalue weighted by molar-refractivity contribution is 7.19. The summed E-state index contributed by atoms with van der Waals surface area (Å²) < 4.78 is 5.31. The Morgan fingerprint density at radius 3 is 2.96 bits per heavy atom. The van der Waals surface area contributed by atoms with Crippen LogP contribution in [0.5, 0.6) is 0 Å². The highest BCUT2D eigenvalue weighted by Gasteiger charge is 2.22. The predicted molar refractivity (Wildman–Crippen MR) is 89.8 cm³/mol. The van der Waals surface area contributed by atoms with Gasteiger partial charge in [-0.2, -0.15) is 4.98 Å². The summed E-state index contributed by atoms with van der Waals surface area (Å²) in [6.45, 7) is 2.58. The zero-order valence-electron chi connectivity index (χ0n) is 13.4. The van der Waals surface area contributed by atoms with E-state index in [0.29, 0.717) is 12.4 Å². The van der Waals surface area contributed by atoms with Crippen molar-refractivity contribution < 1.29 is 4.52 Å². The Labute approximate surface area is 138 Å². The molecule has 0 amide bonds. The van der Waals surface area contributed by atoms with Gasteiger partial charge in [-0.25, -0.2) is 9.97 Å². The van der Waals surface area contributed by atoms with E-state index in [0.717, 1.165) is 29.3 Å². The van der Waals surface area contributed by atoms with E-state index in [4.69, 9.17) is 4.52 Å². The van der Waals surface area contributed by atoms with Crippen LogP contribution in [-0.2, 0) is 25.8 Å². The smallest absolute Gasteiger partial charge is 0.246 e. The second-order valence-corrected chi connectivity index (χ2v) is 6.99. The van der Waals surface area contributed by atoms with E-state index in [-0.39, 0.29) is 0 Å². The number of fused-ring (bicyclic) bond motifs is 3. The Morgan fingerprint density at radius 1 is 1.26 bits per heavy atom. The van der Waals surface area contributed by atoms with Gasteiger partial charge in [-0.05, 0) is 31.2 Å². The third-order valence-corrected chi connectivity index (χ3v) is 5.49. The van der Waals surface area contributed by atoms with Crippen molar-refractivity contribution in [1.82, 2.24) is 20.1 Å². The van der Waals surface area contributed by atoms with Gasteiger partial charge in [0.15, 0.2) is 5.82 Å². The van der Waals surface area contributed by atoms with Crippen LogP contribution in [0.15, 0.2) is 10.9 Å². The van der Waals surface area contributed by atoms with Crippen molar-refractivity contribution in [3.63, 3.8) is 0 Å². The summed E-state index contributed by atoms with van der Waals surface area (Å²) in [6, 6.07) is 0. The van der Waals surface area contributed by atoms with Crippen LogP contribution in [0.3, 0.4) is 0 Å². The number of rotatable bonds is 4. The number of aryl methyl sites for hydroxylation is 3. The summed E-state index contributed by atoms with van der Waals surface area (Å²) in [4.78, 5) is 18.1. The van der Waals surface area contributed by atoms with Crippen LogP contribution >= 0.6 is 11.3 Å². The second-order valence-electron chi connectivity index (χ2n) is 5.90. The zero-order chi connectivity index (χ0) is 15.8. The number of hydrogen-bond acceptors (Lipinski definition) is 7. The van der Waals surface area contributed by atoms with Crippen LogP contribution in [-0.4, -0.2) is 27.2 Å². The summed E-state index contributed by atoms with van der Waals surface area (Å²) in [5, 5.41) is 5.17. The third kappa shape index (κ3) is 2.59. The Morgan fingerprint density at radius 2 is 2.13 bits per heavy atom. The van der Waals surface area contributed by atoms with Crippen LogP contribution in [0.1, 0.15) is 41.9 Å². The molecule has 0 atom stereocenters. The molecule has 0 radical (unpaired) electrons. The van der Waals surface area contributed by atoms with Gasteiger partial charge in [0.2, 0.25) is 5.89 Å². The quantitative estimate of drug-likeness (QED) is 0.732. The van der Waals surface area contributed by atoms with Crippen LogP contribution in [0.2, 0.25) is 0 Å². The molecule has 0 aliphatic heterocycles. The maximum Gasteiger partial charge on any atom is 0.246 e. The van der Waals surface area contributed by atoms with Crippen molar-refractivity contribution >= 4 is 27.4 Å². The zero-order valence-corrected chi connectivity index (χ0v) is 14.2. The first kappa shape index (κ1) is 14.6. The van der Waals surface area contributed by atoms with Crippen LogP contribution < -0.4 is 4.90 Å². The molecule has 0 saturated carbocycles. The molecule has 0 N–H and O–H groups in total. The number of hydrogen-bond donors (Lipinski definition) is 0. The number of nitrogens with zero attached hydrogens (tertiary/aromatic N) is 5. The van der Waals surface area contributed by atoms with Crippen molar-refractivity contribution in [3.05, 3.63) is 28.5 Å². The van der Waals surface area contributed by atoms with Crippen molar-refractivity contribution in [1.29, 1.82) is 0 Å². The van der Waals surface area contributed by atoms with Gasteiger partial charge in [0.25, 0.3) is 0 Å². The molecule has 1 aliphatic rings. The van der Waals surface area contributed by atoms with Gasteiger partial charge in [0.05, 0.1) is 11.9 Å². The molecule has 120 valence electrons. The standard InChI is InChI=1S/C16H19N5OS/c1-3-12-19-13(22-20-12)8-21(2)15-14-10-6-4-5-7-11(10)23-16(14)18-9-17-15/h9H,3-8H2,1-2H3. The molecular weight excluding hydrogens is 310 g/mol. The predicted octanol–water partition coefficient (Wildman–Crippen LogP) is 3.15. The fourth-order valence-corrected chi connectivity index (χ4v) is 4.36. The van der Waals surface area contributed by atoms with E-state index in [9.17, 15) is 0 Å². The van der Waals surface area contributed by atoms with Gasteiger partial charge < -0.3 is 9.42 Å². The van der Waals surface area contributed by atoms with Crippen molar-refractivity contribution in [2.75, 3.05) is 11.9 Å². The fraction of sp³-hybridized carbons (Fsp3) is 0.500. The van der Waals surface area contributed by atoms with E-state index in [2.05, 4.69) is 25.0 Å². The Bertz CT molecular complexity index is 840. The topological polar surface area (TPSA) is 67.9 Å². The van der Waals surface area contributed by atoms with E-state index in [1.54, 1.807) is 6.33 Å². The summed E-state index contributed by atoms with van der Waals surface area (Å²) >= 11 is 1.82. The highest BCUT2D eigenvalue weighted by Crippen LogP contribution is 2.39. The molecular formula is C16H19N5OS. The van der Waals surface area contributed by atoms with Gasteiger partial charge in [-0.3, -0.25) is 0 Å². The summed E-state index contributed by atoms with van der Waals surface area (Å²) in [5.74, 6) is 2.33. The van der Waals surface area contributed by atoms with Crippen molar-refractivity contribution in [2.45, 2.75) is 45.6 Å². The molecule has 0 fully saturated rings. The molecule has 23 heavy (non-hydrogen) atoms. The van der Waals surface area contributed by atoms with Crippen LogP contribution in [0.25, 0.3) is 10.2 Å². The van der Waals surface area contributed by atoms with Gasteiger partial charge in [-0.1, -0.05) is 12.1 Å². The highest BCUT2D eigenvalue weighted by atomic mass is 32.1. The lowest BCUT2D eigenvalue weighted by Crippen LogP contribution is -2.18. The molecule has 3 aromatic rings. The Balaban J connectivity index is 1.71. The molecule has 0 aromatic carbocycles. The molecule has 0 bridgehead atoms. The van der Waals surface area contributed by atoms with E-state index in [1.165, 1.54) is 35.1 Å². The molecule has 6 nitrogen and oxygen atoms in total. The lowest BCUT2D eigenvalue weighted by Gasteiger charge is -2.18. The molecule has 0 spiro atoms. The first-order valence-corrected chi connectivity index (χ1v) is 8.85. The van der Waals surface area contributed by atoms with Crippen LogP contribution in [0.4, 0.5) is 5.82 Å². The van der Waals surface area contributed by atoms with E-state index in [1.807, 2.05) is 25.3 Å². The van der Waals surface area contributed by atoms with Crippen molar-refractivity contribution in [3.8, 4) is 0 Å². The van der Waals surface area contributed by atoms with Crippen LogP contribution in [0, 0.1) is 0 Å². The van der Waals surface area contributed by atoms with Gasteiger partial charge >= 0.3 is 0 Å². The van der Waals surface area contributed by atoms with Gasteiger partial charge in [0, 0.05) is 18.3 Å². The first-order chi connectivity index (χ1) is 11.3. The molecule has 3 heterocycles. The van der Waals surface area contributed by atoms with E-state index >= 15 is 0 Å². The number of anilines is 1. The minimum atomic E-state index is 0.559. The minimum absolute atomic E-state index is 0.559. The van der Waals surface area contributed by atoms with Gasteiger partial charge in [0.1, 0.15) is 17.0 Å². The Kier molecular flexibility index (Phi) is 3.72. The van der Waals surface area contributed by atoms with Gasteiger partial charge in [-0.15, -0.1) is 11.3 Å². The molecule has 0 saturated heterocycles. The minimum Gasteiger partial charge on any atom is -0.350 e. The maximum absolute atomic E-state index is 5.31. The average molecular weight is 329 g/mol. The molecule has 4 rings (SSSR count). The van der Waals surface area contributed by atoms with E-state index < -0.39 is 0 Å². The summed E-state index contributed by atoms with van der Waals surface area (Å²) in [7, 11) is 2.02. The molecule has 7 heteroatoms. The molecule has 3 aromatic heterocycles.